The van der Waals surface area contributed by atoms with E-state index in [4.69, 9.17) is 0 Å². The van der Waals surface area contributed by atoms with E-state index < -0.39 is 27.7 Å². The molecule has 1 fully saturated rings. The number of carbonyl (C=O) groups is 1. The number of hydrogen-bond acceptors (Lipinski definition) is 4. The third kappa shape index (κ3) is 4.77. The van der Waals surface area contributed by atoms with Gasteiger partial charge in [0.1, 0.15) is 6.04 Å². The van der Waals surface area contributed by atoms with Crippen LogP contribution in [0, 0.1) is 17.6 Å². The maximum Gasteiger partial charge on any atom is 0.246 e. The van der Waals surface area contributed by atoms with Crippen molar-refractivity contribution in [2.45, 2.75) is 25.6 Å². The number of piperazine rings is 1. The Bertz CT molecular complexity index is 1250. The van der Waals surface area contributed by atoms with Gasteiger partial charge in [0, 0.05) is 38.3 Å². The fraction of sp³-hybridized carbons (Fsp3) is 0.391. The molecule has 0 saturated carbocycles. The van der Waals surface area contributed by atoms with Crippen LogP contribution in [0.15, 0.2) is 48.8 Å². The number of aromatic nitrogens is 2. The zero-order valence-electron chi connectivity index (χ0n) is 18.5. The van der Waals surface area contributed by atoms with Gasteiger partial charge < -0.3 is 9.47 Å². The van der Waals surface area contributed by atoms with Gasteiger partial charge in [-0.05, 0) is 11.5 Å². The van der Waals surface area contributed by atoms with E-state index >= 15 is 0 Å². The minimum Gasteiger partial charge on any atom is -0.338 e. The average molecular weight is 477 g/mol. The third-order valence-corrected chi connectivity index (χ3v) is 7.79. The molecule has 0 bridgehead atoms. The summed E-state index contributed by atoms with van der Waals surface area (Å²) in [6.07, 6.45) is 1.42. The van der Waals surface area contributed by atoms with Gasteiger partial charge in [0.15, 0.2) is 11.6 Å². The second-order valence-electron chi connectivity index (χ2n) is 8.56. The molecule has 2 heterocycles. The number of sulfonamides is 1. The number of fused-ring (bicyclic) bond motifs is 1. The average Bonchev–Trinajstić information content (AvgIpc) is 3.16. The van der Waals surface area contributed by atoms with Crippen LogP contribution < -0.4 is 0 Å². The Morgan fingerprint density at radius 2 is 1.67 bits per heavy atom. The predicted octanol–water partition coefficient (Wildman–Crippen LogP) is 3.19. The van der Waals surface area contributed by atoms with Crippen LogP contribution in [0.5, 0.6) is 0 Å². The summed E-state index contributed by atoms with van der Waals surface area (Å²) in [4.78, 5) is 19.2. The molecule has 0 N–H and O–H groups in total. The second kappa shape index (κ2) is 9.18. The van der Waals surface area contributed by atoms with Crippen LogP contribution in [-0.2, 0) is 20.6 Å². The van der Waals surface area contributed by atoms with Crippen LogP contribution in [0.2, 0.25) is 0 Å². The molecule has 0 aliphatic carbocycles. The highest BCUT2D eigenvalue weighted by Gasteiger charge is 2.34. The van der Waals surface area contributed by atoms with Crippen molar-refractivity contribution in [1.82, 2.24) is 18.8 Å². The van der Waals surface area contributed by atoms with Gasteiger partial charge in [-0.3, -0.25) is 4.79 Å². The number of nitrogens with zero attached hydrogens (tertiary/aromatic N) is 4. The number of amides is 1. The van der Waals surface area contributed by atoms with Gasteiger partial charge in [-0.25, -0.2) is 22.2 Å². The van der Waals surface area contributed by atoms with Crippen LogP contribution in [0.3, 0.4) is 0 Å². The van der Waals surface area contributed by atoms with Gasteiger partial charge in [0.25, 0.3) is 0 Å². The van der Waals surface area contributed by atoms with Crippen molar-refractivity contribution < 1.29 is 22.0 Å². The summed E-state index contributed by atoms with van der Waals surface area (Å²) < 4.78 is 56.1. The summed E-state index contributed by atoms with van der Waals surface area (Å²) in [5.74, 6) is -2.43. The molecule has 176 valence electrons. The molecule has 1 unspecified atom stereocenters. The Morgan fingerprint density at radius 3 is 2.30 bits per heavy atom. The number of rotatable bonds is 6. The molecule has 2 aromatic carbocycles. The lowest BCUT2D eigenvalue weighted by Crippen LogP contribution is -2.52. The van der Waals surface area contributed by atoms with Gasteiger partial charge in [-0.15, -0.1) is 0 Å². The van der Waals surface area contributed by atoms with Crippen molar-refractivity contribution >= 4 is 27.0 Å². The molecule has 1 atom stereocenters. The monoisotopic (exact) mass is 476 g/mol. The van der Waals surface area contributed by atoms with Crippen molar-refractivity contribution in [2.24, 2.45) is 5.92 Å². The number of halogens is 2. The third-order valence-electron chi connectivity index (χ3n) is 5.94. The molecule has 3 aromatic rings. The molecule has 0 spiro atoms. The lowest BCUT2D eigenvalue weighted by molar-refractivity contribution is -0.137. The Kier molecular flexibility index (Phi) is 6.49. The molecule has 7 nitrogen and oxygen atoms in total. The predicted molar refractivity (Wildman–Crippen MR) is 121 cm³/mol. The molecule has 1 amide bonds. The molecular weight excluding hydrogens is 450 g/mol. The lowest BCUT2D eigenvalue weighted by atomic mass is 10.0. The van der Waals surface area contributed by atoms with Crippen LogP contribution >= 0.6 is 0 Å². The summed E-state index contributed by atoms with van der Waals surface area (Å²) in [6, 6.07) is 10.4. The SMILES string of the molecule is CC(C)C(C(=O)N1CCN(S(=O)(=O)Cc2ccccc2)CC1)n1cnc2cc(F)c(F)cc21. The van der Waals surface area contributed by atoms with E-state index in [1.807, 2.05) is 19.9 Å². The number of carbonyl (C=O) groups excluding carboxylic acids is 1. The molecule has 0 radical (unpaired) electrons. The lowest BCUT2D eigenvalue weighted by Gasteiger charge is -2.37. The normalized spacial score (nSPS) is 16.5. The van der Waals surface area contributed by atoms with Crippen LogP contribution in [0.4, 0.5) is 8.78 Å². The standard InChI is InChI=1S/C23H26F2N4O3S/c1-16(2)22(29-15-26-20-12-18(24)19(25)13-21(20)29)23(30)27-8-10-28(11-9-27)33(31,32)14-17-6-4-3-5-7-17/h3-7,12-13,15-16,22H,8-11,14H2,1-2H3. The Hall–Kier alpha value is -2.85. The van der Waals surface area contributed by atoms with E-state index in [-0.39, 0.29) is 49.3 Å². The quantitative estimate of drug-likeness (QED) is 0.548. The van der Waals surface area contributed by atoms with Crippen LogP contribution in [0.25, 0.3) is 11.0 Å². The van der Waals surface area contributed by atoms with E-state index in [9.17, 15) is 22.0 Å². The van der Waals surface area contributed by atoms with E-state index in [0.29, 0.717) is 11.1 Å². The van der Waals surface area contributed by atoms with E-state index in [2.05, 4.69) is 4.98 Å². The van der Waals surface area contributed by atoms with E-state index in [1.54, 1.807) is 33.7 Å². The van der Waals surface area contributed by atoms with Crippen molar-refractivity contribution in [1.29, 1.82) is 0 Å². The first kappa shape index (κ1) is 23.3. The summed E-state index contributed by atoms with van der Waals surface area (Å²) in [7, 11) is -3.50. The first-order valence-corrected chi connectivity index (χ1v) is 12.4. The molecule has 33 heavy (non-hydrogen) atoms. The highest BCUT2D eigenvalue weighted by molar-refractivity contribution is 7.88. The molecule has 1 aromatic heterocycles. The van der Waals surface area contributed by atoms with Crippen molar-refractivity contribution in [3.63, 3.8) is 0 Å². The first-order chi connectivity index (χ1) is 15.7. The highest BCUT2D eigenvalue weighted by Crippen LogP contribution is 2.28. The maximum absolute atomic E-state index is 13.9. The van der Waals surface area contributed by atoms with Gasteiger partial charge in [-0.1, -0.05) is 44.2 Å². The molecule has 1 aliphatic heterocycles. The zero-order valence-corrected chi connectivity index (χ0v) is 19.3. The van der Waals surface area contributed by atoms with Crippen molar-refractivity contribution in [3.8, 4) is 0 Å². The minimum absolute atomic E-state index is 0.0838. The highest BCUT2D eigenvalue weighted by atomic mass is 32.2. The zero-order chi connectivity index (χ0) is 23.8. The summed E-state index contributed by atoms with van der Waals surface area (Å²) in [6.45, 7) is 4.66. The van der Waals surface area contributed by atoms with Gasteiger partial charge in [0.05, 0.1) is 23.1 Å². The molecule has 4 rings (SSSR count). The molecule has 1 aliphatic rings. The van der Waals surface area contributed by atoms with Crippen molar-refractivity contribution in [3.05, 3.63) is 66.0 Å². The second-order valence-corrected chi connectivity index (χ2v) is 10.5. The first-order valence-electron chi connectivity index (χ1n) is 10.8. The van der Waals surface area contributed by atoms with Crippen LogP contribution in [0.1, 0.15) is 25.5 Å². The van der Waals surface area contributed by atoms with Gasteiger partial charge in [-0.2, -0.15) is 4.31 Å². The smallest absolute Gasteiger partial charge is 0.246 e. The number of hydrogen-bond donors (Lipinski definition) is 0. The van der Waals surface area contributed by atoms with Gasteiger partial charge in [0.2, 0.25) is 15.9 Å². The summed E-state index contributed by atoms with van der Waals surface area (Å²) in [5, 5.41) is 0. The Morgan fingerprint density at radius 1 is 1.03 bits per heavy atom. The van der Waals surface area contributed by atoms with E-state index in [0.717, 1.165) is 12.1 Å². The Balaban J connectivity index is 1.49. The van der Waals surface area contributed by atoms with Gasteiger partial charge >= 0.3 is 0 Å². The molecule has 10 heteroatoms. The number of benzene rings is 2. The van der Waals surface area contributed by atoms with Crippen molar-refractivity contribution in [2.75, 3.05) is 26.2 Å². The summed E-state index contributed by atoms with van der Waals surface area (Å²) >= 11 is 0. The fourth-order valence-corrected chi connectivity index (χ4v) is 5.74. The van der Waals surface area contributed by atoms with E-state index in [1.165, 1.54) is 10.6 Å². The van der Waals surface area contributed by atoms with Crippen LogP contribution in [-0.4, -0.2) is 59.3 Å². The maximum atomic E-state index is 13.9. The molecular formula is C23H26F2N4O3S. The topological polar surface area (TPSA) is 75.5 Å². The largest absolute Gasteiger partial charge is 0.338 e. The fourth-order valence-electron chi connectivity index (χ4n) is 4.22. The number of imidazole rings is 1. The molecule has 1 saturated heterocycles. The minimum atomic E-state index is -3.50. The summed E-state index contributed by atoms with van der Waals surface area (Å²) in [5.41, 5.74) is 1.32. The Labute approximate surface area is 191 Å².